The van der Waals surface area contributed by atoms with Crippen molar-refractivity contribution in [3.63, 3.8) is 0 Å². The van der Waals surface area contributed by atoms with Crippen LogP contribution in [0.1, 0.15) is 86.1 Å². The number of carbonyl (C=O) groups is 2. The van der Waals surface area contributed by atoms with E-state index >= 15 is 0 Å². The predicted octanol–water partition coefficient (Wildman–Crippen LogP) is 5.83. The Morgan fingerprint density at radius 3 is 2.07 bits per heavy atom. The maximum Gasteiger partial charge on any atom is 0.434 e. The minimum atomic E-state index is -5.10. The Morgan fingerprint density at radius 1 is 1.05 bits per heavy atom. The molecule has 230 valence electrons. The van der Waals surface area contributed by atoms with Crippen molar-refractivity contribution in [3.8, 4) is 17.5 Å². The number of carbonyl (C=O) groups excluding carboxylic acids is 2. The molecular formula is C26H37F3N4O8. The van der Waals surface area contributed by atoms with Gasteiger partial charge in [0.1, 0.15) is 22.9 Å². The van der Waals surface area contributed by atoms with Gasteiger partial charge in [-0.2, -0.15) is 18.1 Å². The van der Waals surface area contributed by atoms with E-state index in [4.69, 9.17) is 18.6 Å². The molecule has 15 heteroatoms. The van der Waals surface area contributed by atoms with Gasteiger partial charge in [-0.15, -0.1) is 5.10 Å². The topological polar surface area (TPSA) is 157 Å². The van der Waals surface area contributed by atoms with E-state index in [1.54, 1.807) is 0 Å². The minimum absolute atomic E-state index is 0.209. The van der Waals surface area contributed by atoms with Crippen LogP contribution >= 0.6 is 0 Å². The Hall–Kier alpha value is -3.62. The van der Waals surface area contributed by atoms with Crippen LogP contribution in [0.5, 0.6) is 5.88 Å². The fraction of sp³-hybridized carbons (Fsp3) is 0.654. The summed E-state index contributed by atoms with van der Waals surface area (Å²) in [7, 11) is 0. The molecule has 2 N–H and O–H groups in total. The number of aromatic amines is 1. The maximum absolute atomic E-state index is 14.4. The molecular weight excluding hydrogens is 553 g/mol. The highest BCUT2D eigenvalue weighted by Gasteiger charge is 2.42. The Bertz CT molecular complexity index is 1220. The molecule has 0 radical (unpaired) electrons. The van der Waals surface area contributed by atoms with Gasteiger partial charge in [0.2, 0.25) is 5.88 Å². The third-order valence-electron chi connectivity index (χ3n) is 5.17. The van der Waals surface area contributed by atoms with E-state index in [-0.39, 0.29) is 11.3 Å². The molecule has 1 unspecified atom stereocenters. The molecule has 2 rings (SSSR count). The van der Waals surface area contributed by atoms with Crippen molar-refractivity contribution < 1.29 is 46.5 Å². The summed E-state index contributed by atoms with van der Waals surface area (Å²) in [5.74, 6) is -2.71. The Balaban J connectivity index is 2.80. The number of aliphatic hydroxyl groups is 1. The molecule has 0 bridgehead atoms. The standard InChI is InChI=1S/C26H37F3N4O8/c1-8-9-10-11-12-15(14-34)38-19-16(26(27,28)29)13-17(18(30-19)20-31-32-21(35)39-20)33(22(36)40-24(2,3)4)23(37)41-25(5,6)7/h13,15,34H,8-12,14H2,1-7H3,(H,32,35). The number of H-pyrrole nitrogens is 1. The van der Waals surface area contributed by atoms with Crippen LogP contribution in [0.3, 0.4) is 0 Å². The summed E-state index contributed by atoms with van der Waals surface area (Å²) in [5, 5.41) is 15.4. The number of anilines is 1. The number of aliphatic hydroxyl groups excluding tert-OH is 1. The van der Waals surface area contributed by atoms with E-state index in [9.17, 15) is 32.7 Å². The summed E-state index contributed by atoms with van der Waals surface area (Å²) < 4.78 is 64.0. The molecule has 2 heterocycles. The van der Waals surface area contributed by atoms with Crippen LogP contribution in [0, 0.1) is 0 Å². The summed E-state index contributed by atoms with van der Waals surface area (Å²) in [5.41, 5.74) is -5.26. The number of aromatic nitrogens is 3. The van der Waals surface area contributed by atoms with Gasteiger partial charge in [0, 0.05) is 0 Å². The van der Waals surface area contributed by atoms with Gasteiger partial charge in [0.15, 0.2) is 5.69 Å². The second-order valence-corrected chi connectivity index (χ2v) is 11.2. The quantitative estimate of drug-likeness (QED) is 0.323. The van der Waals surface area contributed by atoms with Crippen LogP contribution in [-0.4, -0.2) is 56.4 Å². The van der Waals surface area contributed by atoms with Crippen molar-refractivity contribution in [2.45, 2.75) is 104 Å². The van der Waals surface area contributed by atoms with Crippen LogP contribution in [0.4, 0.5) is 28.4 Å². The molecule has 0 saturated carbocycles. The first-order chi connectivity index (χ1) is 18.9. The number of hydrogen-bond donors (Lipinski definition) is 2. The fourth-order valence-corrected chi connectivity index (χ4v) is 3.47. The molecule has 1 atom stereocenters. The van der Waals surface area contributed by atoms with Crippen molar-refractivity contribution in [1.82, 2.24) is 15.2 Å². The number of ether oxygens (including phenoxy) is 3. The number of halogens is 3. The lowest BCUT2D eigenvalue weighted by Crippen LogP contribution is -2.44. The van der Waals surface area contributed by atoms with Gasteiger partial charge in [-0.25, -0.2) is 24.5 Å². The average Bonchev–Trinajstić information content (AvgIpc) is 3.24. The molecule has 12 nitrogen and oxygen atoms in total. The molecule has 0 aliphatic heterocycles. The largest absolute Gasteiger partial charge is 0.471 e. The van der Waals surface area contributed by atoms with E-state index < -0.39 is 76.7 Å². The lowest BCUT2D eigenvalue weighted by Gasteiger charge is -2.29. The highest BCUT2D eigenvalue weighted by molar-refractivity contribution is 6.11. The van der Waals surface area contributed by atoms with Gasteiger partial charge < -0.3 is 23.7 Å². The van der Waals surface area contributed by atoms with Gasteiger partial charge in [-0.3, -0.25) is 0 Å². The highest BCUT2D eigenvalue weighted by Crippen LogP contribution is 2.42. The number of rotatable bonds is 10. The summed E-state index contributed by atoms with van der Waals surface area (Å²) in [6.45, 7) is 10.3. The lowest BCUT2D eigenvalue weighted by atomic mass is 10.1. The number of amides is 2. The third kappa shape index (κ3) is 10.1. The molecule has 41 heavy (non-hydrogen) atoms. The van der Waals surface area contributed by atoms with Crippen molar-refractivity contribution in [1.29, 1.82) is 0 Å². The zero-order valence-corrected chi connectivity index (χ0v) is 24.2. The van der Waals surface area contributed by atoms with Gasteiger partial charge in [-0.05, 0) is 60.5 Å². The van der Waals surface area contributed by atoms with Crippen LogP contribution in [0.25, 0.3) is 11.6 Å². The molecule has 0 saturated heterocycles. The average molecular weight is 591 g/mol. The summed E-state index contributed by atoms with van der Waals surface area (Å²) in [6, 6.07) is 0.422. The van der Waals surface area contributed by atoms with Crippen molar-refractivity contribution in [3.05, 3.63) is 22.2 Å². The molecule has 0 aromatic carbocycles. The molecule has 0 aliphatic carbocycles. The summed E-state index contributed by atoms with van der Waals surface area (Å²) >= 11 is 0. The second-order valence-electron chi connectivity index (χ2n) is 11.2. The van der Waals surface area contributed by atoms with E-state index in [0.717, 1.165) is 19.3 Å². The van der Waals surface area contributed by atoms with Crippen molar-refractivity contribution in [2.24, 2.45) is 0 Å². The van der Waals surface area contributed by atoms with Gasteiger partial charge in [0.25, 0.3) is 5.89 Å². The first-order valence-corrected chi connectivity index (χ1v) is 13.1. The van der Waals surface area contributed by atoms with Crippen LogP contribution in [-0.2, 0) is 15.7 Å². The number of nitrogens with zero attached hydrogens (tertiary/aromatic N) is 3. The summed E-state index contributed by atoms with van der Waals surface area (Å²) in [6.07, 6.45) is -5.54. The van der Waals surface area contributed by atoms with Crippen molar-refractivity contribution in [2.75, 3.05) is 11.5 Å². The third-order valence-corrected chi connectivity index (χ3v) is 5.17. The molecule has 2 aromatic heterocycles. The number of unbranched alkanes of at least 4 members (excludes halogenated alkanes) is 3. The Morgan fingerprint density at radius 2 is 1.63 bits per heavy atom. The van der Waals surface area contributed by atoms with Gasteiger partial charge >= 0.3 is 24.1 Å². The van der Waals surface area contributed by atoms with Crippen molar-refractivity contribution >= 4 is 17.9 Å². The van der Waals surface area contributed by atoms with E-state index in [1.807, 2.05) is 12.0 Å². The minimum Gasteiger partial charge on any atom is -0.471 e. The smallest absolute Gasteiger partial charge is 0.434 e. The monoisotopic (exact) mass is 590 g/mol. The number of pyridine rings is 1. The second kappa shape index (κ2) is 13.4. The van der Waals surface area contributed by atoms with E-state index in [1.165, 1.54) is 41.5 Å². The molecule has 0 spiro atoms. The number of nitrogens with one attached hydrogen (secondary N) is 1. The van der Waals surface area contributed by atoms with Gasteiger partial charge in [-0.1, -0.05) is 26.2 Å². The molecule has 0 fully saturated rings. The number of imide groups is 1. The number of hydrogen-bond acceptors (Lipinski definition) is 10. The summed E-state index contributed by atoms with van der Waals surface area (Å²) in [4.78, 5) is 42.3. The maximum atomic E-state index is 14.4. The Kier molecular flexibility index (Phi) is 10.9. The van der Waals surface area contributed by atoms with E-state index in [2.05, 4.69) is 10.1 Å². The predicted molar refractivity (Wildman–Crippen MR) is 141 cm³/mol. The highest BCUT2D eigenvalue weighted by atomic mass is 19.4. The first kappa shape index (κ1) is 33.6. The fourth-order valence-electron chi connectivity index (χ4n) is 3.47. The van der Waals surface area contributed by atoms with Crippen LogP contribution in [0.15, 0.2) is 15.3 Å². The van der Waals surface area contributed by atoms with E-state index in [0.29, 0.717) is 12.5 Å². The lowest BCUT2D eigenvalue weighted by molar-refractivity contribution is -0.139. The van der Waals surface area contributed by atoms with Gasteiger partial charge in [0.05, 0.1) is 12.3 Å². The Labute approximate surface area is 235 Å². The zero-order chi connectivity index (χ0) is 31.2. The molecule has 2 amide bonds. The zero-order valence-electron chi connectivity index (χ0n) is 24.2. The number of alkyl halides is 3. The first-order valence-electron chi connectivity index (χ1n) is 13.1. The van der Waals surface area contributed by atoms with Crippen LogP contribution < -0.4 is 15.4 Å². The van der Waals surface area contributed by atoms with Crippen LogP contribution in [0.2, 0.25) is 0 Å². The normalized spacial score (nSPS) is 13.0. The SMILES string of the molecule is CCCCCCC(CO)Oc1nc(-c2n[nH]c(=O)o2)c(N(C(=O)OC(C)(C)C)C(=O)OC(C)(C)C)cc1C(F)(F)F. The molecule has 0 aliphatic rings. The molecule has 2 aromatic rings.